The van der Waals surface area contributed by atoms with E-state index >= 15 is 0 Å². The second-order valence-corrected chi connectivity index (χ2v) is 5.13. The molecule has 0 saturated carbocycles. The van der Waals surface area contributed by atoms with Crippen LogP contribution in [0.15, 0.2) is 49.1 Å². The summed E-state index contributed by atoms with van der Waals surface area (Å²) in [7, 11) is 0. The van der Waals surface area contributed by atoms with Crippen molar-refractivity contribution < 1.29 is 4.74 Å². The molecular formula is C16H14ClN3O. The molecule has 0 amide bonds. The fourth-order valence-corrected chi connectivity index (χ4v) is 2.22. The molecule has 0 radical (unpaired) electrons. The number of benzene rings is 2. The highest BCUT2D eigenvalue weighted by Gasteiger charge is 2.11. The monoisotopic (exact) mass is 299 g/mol. The zero-order valence-corrected chi connectivity index (χ0v) is 12.3. The van der Waals surface area contributed by atoms with Gasteiger partial charge in [-0.25, -0.2) is 0 Å². The van der Waals surface area contributed by atoms with Crippen molar-refractivity contribution >= 4 is 22.6 Å². The maximum absolute atomic E-state index is 5.99. The van der Waals surface area contributed by atoms with Crippen LogP contribution in [0.25, 0.3) is 16.7 Å². The standard InChI is InChI=1S/C16H14ClN3O/c1-3-8-21-16-7-4-11(2)9-15(16)20-18-13-6-5-12(17)10-14(13)19-20/h3-7,9-10H,1,8H2,2H3. The lowest BCUT2D eigenvalue weighted by molar-refractivity contribution is 0.360. The molecule has 0 unspecified atom stereocenters. The third kappa shape index (κ3) is 2.76. The first kappa shape index (κ1) is 13.6. The second-order valence-electron chi connectivity index (χ2n) is 4.69. The Bertz CT molecular complexity index is 810. The smallest absolute Gasteiger partial charge is 0.147 e. The molecule has 0 aliphatic heterocycles. The summed E-state index contributed by atoms with van der Waals surface area (Å²) < 4.78 is 5.67. The van der Waals surface area contributed by atoms with Gasteiger partial charge in [-0.3, -0.25) is 0 Å². The van der Waals surface area contributed by atoms with Gasteiger partial charge in [0.15, 0.2) is 0 Å². The number of ether oxygens (including phenoxy) is 1. The van der Waals surface area contributed by atoms with Crippen LogP contribution in [-0.4, -0.2) is 21.6 Å². The first-order valence-electron chi connectivity index (χ1n) is 6.55. The van der Waals surface area contributed by atoms with Crippen molar-refractivity contribution in [2.45, 2.75) is 6.92 Å². The molecule has 1 heterocycles. The minimum atomic E-state index is 0.433. The van der Waals surface area contributed by atoms with Crippen LogP contribution in [0.5, 0.6) is 5.75 Å². The van der Waals surface area contributed by atoms with E-state index in [1.165, 1.54) is 0 Å². The maximum atomic E-state index is 5.99. The van der Waals surface area contributed by atoms with Gasteiger partial charge in [-0.15, -0.1) is 15.0 Å². The number of aryl methyl sites for hydroxylation is 1. The molecule has 0 fully saturated rings. The fourth-order valence-electron chi connectivity index (χ4n) is 2.05. The van der Waals surface area contributed by atoms with E-state index in [1.807, 2.05) is 31.2 Å². The Balaban J connectivity index is 2.11. The van der Waals surface area contributed by atoms with Gasteiger partial charge in [0.25, 0.3) is 0 Å². The normalized spacial score (nSPS) is 10.8. The summed E-state index contributed by atoms with van der Waals surface area (Å²) in [5, 5.41) is 9.58. The lowest BCUT2D eigenvalue weighted by atomic mass is 10.2. The highest BCUT2D eigenvalue weighted by atomic mass is 35.5. The van der Waals surface area contributed by atoms with Crippen molar-refractivity contribution in [2.24, 2.45) is 0 Å². The molecule has 5 heteroatoms. The predicted octanol–water partition coefficient (Wildman–Crippen LogP) is 3.95. The average molecular weight is 300 g/mol. The summed E-state index contributed by atoms with van der Waals surface area (Å²) in [5.74, 6) is 0.715. The van der Waals surface area contributed by atoms with Gasteiger partial charge in [0.05, 0.1) is 0 Å². The van der Waals surface area contributed by atoms with E-state index in [4.69, 9.17) is 16.3 Å². The van der Waals surface area contributed by atoms with E-state index in [1.54, 1.807) is 23.0 Å². The van der Waals surface area contributed by atoms with Crippen LogP contribution in [-0.2, 0) is 0 Å². The SMILES string of the molecule is C=CCOc1ccc(C)cc1-n1nc2ccc(Cl)cc2n1. The Kier molecular flexibility index (Phi) is 3.62. The van der Waals surface area contributed by atoms with Gasteiger partial charge in [0.1, 0.15) is 29.1 Å². The van der Waals surface area contributed by atoms with Crippen molar-refractivity contribution in [3.05, 3.63) is 59.6 Å². The van der Waals surface area contributed by atoms with Crippen LogP contribution in [0.1, 0.15) is 5.56 Å². The van der Waals surface area contributed by atoms with E-state index in [2.05, 4.69) is 16.8 Å². The maximum Gasteiger partial charge on any atom is 0.147 e. The molecule has 0 spiro atoms. The van der Waals surface area contributed by atoms with Gasteiger partial charge >= 0.3 is 0 Å². The van der Waals surface area contributed by atoms with E-state index in [0.29, 0.717) is 17.4 Å². The first-order valence-corrected chi connectivity index (χ1v) is 6.92. The summed E-state index contributed by atoms with van der Waals surface area (Å²) in [4.78, 5) is 1.58. The summed E-state index contributed by atoms with van der Waals surface area (Å²) in [5.41, 5.74) is 3.44. The number of fused-ring (bicyclic) bond motifs is 1. The number of hydrogen-bond donors (Lipinski definition) is 0. The number of aromatic nitrogens is 3. The molecule has 21 heavy (non-hydrogen) atoms. The molecule has 0 aliphatic carbocycles. The van der Waals surface area contributed by atoms with Crippen molar-refractivity contribution in [1.29, 1.82) is 0 Å². The predicted molar refractivity (Wildman–Crippen MR) is 84.3 cm³/mol. The second kappa shape index (κ2) is 5.58. The minimum absolute atomic E-state index is 0.433. The molecule has 0 N–H and O–H groups in total. The number of halogens is 1. The van der Waals surface area contributed by atoms with Crippen LogP contribution < -0.4 is 4.74 Å². The summed E-state index contributed by atoms with van der Waals surface area (Å²) in [6, 6.07) is 11.3. The molecule has 0 bridgehead atoms. The third-order valence-corrected chi connectivity index (χ3v) is 3.26. The zero-order valence-electron chi connectivity index (χ0n) is 11.6. The highest BCUT2D eigenvalue weighted by molar-refractivity contribution is 6.31. The van der Waals surface area contributed by atoms with E-state index in [9.17, 15) is 0 Å². The van der Waals surface area contributed by atoms with Gasteiger partial charge < -0.3 is 4.74 Å². The van der Waals surface area contributed by atoms with Crippen molar-refractivity contribution in [2.75, 3.05) is 6.61 Å². The molecule has 1 aromatic heterocycles. The third-order valence-electron chi connectivity index (χ3n) is 3.03. The topological polar surface area (TPSA) is 39.9 Å². The number of hydrogen-bond acceptors (Lipinski definition) is 3. The van der Waals surface area contributed by atoms with Crippen molar-refractivity contribution in [3.63, 3.8) is 0 Å². The van der Waals surface area contributed by atoms with Crippen LogP contribution in [0.3, 0.4) is 0 Å². The van der Waals surface area contributed by atoms with Crippen molar-refractivity contribution in [1.82, 2.24) is 15.0 Å². The van der Waals surface area contributed by atoms with E-state index in [0.717, 1.165) is 22.3 Å². The fraction of sp³-hybridized carbons (Fsp3) is 0.125. The lowest BCUT2D eigenvalue weighted by Gasteiger charge is -2.09. The van der Waals surface area contributed by atoms with Gasteiger partial charge in [0.2, 0.25) is 0 Å². The van der Waals surface area contributed by atoms with Gasteiger partial charge in [-0.1, -0.05) is 30.3 Å². The summed E-state index contributed by atoms with van der Waals surface area (Å²) in [6.07, 6.45) is 1.70. The van der Waals surface area contributed by atoms with Gasteiger partial charge in [-0.2, -0.15) is 0 Å². The Labute approximate surface area is 127 Å². The van der Waals surface area contributed by atoms with Gasteiger partial charge in [-0.05, 0) is 42.8 Å². The molecule has 0 aliphatic rings. The van der Waals surface area contributed by atoms with Crippen LogP contribution in [0.2, 0.25) is 5.02 Å². The van der Waals surface area contributed by atoms with Crippen molar-refractivity contribution in [3.8, 4) is 11.4 Å². The van der Waals surface area contributed by atoms with Gasteiger partial charge in [0, 0.05) is 5.02 Å². The Morgan fingerprint density at radius 1 is 1.19 bits per heavy atom. The largest absolute Gasteiger partial charge is 0.487 e. The number of nitrogens with zero attached hydrogens (tertiary/aromatic N) is 3. The summed E-state index contributed by atoms with van der Waals surface area (Å²) >= 11 is 5.99. The molecule has 2 aromatic carbocycles. The molecule has 0 saturated heterocycles. The summed E-state index contributed by atoms with van der Waals surface area (Å²) in [6.45, 7) is 6.11. The van der Waals surface area contributed by atoms with Crippen LogP contribution >= 0.6 is 11.6 Å². The Morgan fingerprint density at radius 2 is 2.00 bits per heavy atom. The molecule has 0 atom stereocenters. The van der Waals surface area contributed by atoms with E-state index < -0.39 is 0 Å². The molecule has 3 aromatic rings. The Hall–Kier alpha value is -2.33. The van der Waals surface area contributed by atoms with Crippen LogP contribution in [0.4, 0.5) is 0 Å². The minimum Gasteiger partial charge on any atom is -0.487 e. The molecule has 3 rings (SSSR count). The quantitative estimate of drug-likeness (QED) is 0.685. The lowest BCUT2D eigenvalue weighted by Crippen LogP contribution is -2.04. The van der Waals surface area contributed by atoms with E-state index in [-0.39, 0.29) is 0 Å². The average Bonchev–Trinajstić information content (AvgIpc) is 2.88. The van der Waals surface area contributed by atoms with Crippen LogP contribution in [0, 0.1) is 6.92 Å². The Morgan fingerprint density at radius 3 is 2.81 bits per heavy atom. The first-order chi connectivity index (χ1) is 10.2. The molecule has 4 nitrogen and oxygen atoms in total. The molecular weight excluding hydrogens is 286 g/mol. The zero-order chi connectivity index (χ0) is 14.8. The number of rotatable bonds is 4. The highest BCUT2D eigenvalue weighted by Crippen LogP contribution is 2.25. The molecule has 106 valence electrons.